The fourth-order valence-electron chi connectivity index (χ4n) is 2.34. The van der Waals surface area contributed by atoms with E-state index in [1.165, 1.54) is 5.56 Å². The zero-order valence-electron chi connectivity index (χ0n) is 15.1. The number of rotatable bonds is 10. The lowest BCUT2D eigenvalue weighted by atomic mass is 10.2. The number of unbranched alkanes of at least 4 members (excludes halogenated alkanes) is 1. The van der Waals surface area contributed by atoms with Crippen molar-refractivity contribution in [2.24, 2.45) is 12.0 Å². The lowest BCUT2D eigenvalue weighted by Gasteiger charge is -2.11. The molecule has 0 saturated heterocycles. The first-order valence-corrected chi connectivity index (χ1v) is 8.68. The molecule has 25 heavy (non-hydrogen) atoms. The lowest BCUT2D eigenvalue weighted by Crippen LogP contribution is -2.37. The van der Waals surface area contributed by atoms with Crippen molar-refractivity contribution in [2.45, 2.75) is 25.8 Å². The lowest BCUT2D eigenvalue weighted by molar-refractivity contribution is 0.133. The molecule has 1 aromatic heterocycles. The van der Waals surface area contributed by atoms with Crippen LogP contribution in [0.2, 0.25) is 0 Å². The second kappa shape index (κ2) is 11.2. The molecular formula is C18H28N6O. The van der Waals surface area contributed by atoms with Crippen LogP contribution in [0.4, 0.5) is 0 Å². The van der Waals surface area contributed by atoms with Gasteiger partial charge in [-0.2, -0.15) is 5.10 Å². The fraction of sp³-hybridized carbons (Fsp3) is 0.500. The van der Waals surface area contributed by atoms with E-state index in [0.717, 1.165) is 50.8 Å². The van der Waals surface area contributed by atoms with Crippen molar-refractivity contribution < 1.29 is 4.74 Å². The first kappa shape index (κ1) is 18.9. The molecule has 2 aromatic rings. The number of nitrogens with zero attached hydrogens (tertiary/aromatic N) is 4. The number of benzene rings is 1. The Balaban J connectivity index is 1.48. The summed E-state index contributed by atoms with van der Waals surface area (Å²) in [6.07, 6.45) is 4.58. The molecule has 0 unspecified atom stereocenters. The van der Waals surface area contributed by atoms with Gasteiger partial charge in [0.05, 0.1) is 13.2 Å². The average Bonchev–Trinajstić information content (AvgIpc) is 3.05. The van der Waals surface area contributed by atoms with Crippen LogP contribution < -0.4 is 10.6 Å². The molecule has 0 aliphatic carbocycles. The van der Waals surface area contributed by atoms with Gasteiger partial charge in [0.2, 0.25) is 0 Å². The molecule has 2 N–H and O–H groups in total. The van der Waals surface area contributed by atoms with Crippen LogP contribution in [-0.2, 0) is 24.8 Å². The van der Waals surface area contributed by atoms with Crippen molar-refractivity contribution in [3.05, 3.63) is 48.0 Å². The Bertz CT molecular complexity index is 626. The van der Waals surface area contributed by atoms with Crippen LogP contribution in [0.5, 0.6) is 0 Å². The van der Waals surface area contributed by atoms with Gasteiger partial charge in [0, 0.05) is 27.2 Å². The van der Waals surface area contributed by atoms with Crippen LogP contribution in [0, 0.1) is 0 Å². The second-order valence-electron chi connectivity index (χ2n) is 5.71. The summed E-state index contributed by atoms with van der Waals surface area (Å²) in [5.74, 6) is 1.64. The summed E-state index contributed by atoms with van der Waals surface area (Å²) in [7, 11) is 3.64. The highest BCUT2D eigenvalue weighted by molar-refractivity contribution is 5.79. The van der Waals surface area contributed by atoms with Crippen LogP contribution in [0.1, 0.15) is 24.2 Å². The molecule has 0 spiro atoms. The Hall–Kier alpha value is -2.41. The van der Waals surface area contributed by atoms with E-state index in [-0.39, 0.29) is 0 Å². The summed E-state index contributed by atoms with van der Waals surface area (Å²) in [6.45, 7) is 3.02. The molecule has 0 amide bonds. The summed E-state index contributed by atoms with van der Waals surface area (Å²) >= 11 is 0. The first-order valence-electron chi connectivity index (χ1n) is 8.68. The predicted molar refractivity (Wildman–Crippen MR) is 99.4 cm³/mol. The monoisotopic (exact) mass is 344 g/mol. The molecule has 0 radical (unpaired) electrons. The second-order valence-corrected chi connectivity index (χ2v) is 5.71. The number of ether oxygens (including phenoxy) is 1. The van der Waals surface area contributed by atoms with Gasteiger partial charge in [0.15, 0.2) is 5.96 Å². The van der Waals surface area contributed by atoms with Crippen molar-refractivity contribution in [3.63, 3.8) is 0 Å². The van der Waals surface area contributed by atoms with Gasteiger partial charge in [-0.25, -0.2) is 4.98 Å². The molecule has 0 atom stereocenters. The van der Waals surface area contributed by atoms with Crippen molar-refractivity contribution in [3.8, 4) is 0 Å². The number of aliphatic imine (C=N–C) groups is 1. The Morgan fingerprint density at radius 1 is 1.16 bits per heavy atom. The number of hydrogen-bond donors (Lipinski definition) is 2. The minimum absolute atomic E-state index is 0.596. The summed E-state index contributed by atoms with van der Waals surface area (Å²) in [5, 5.41) is 10.6. The highest BCUT2D eigenvalue weighted by Gasteiger charge is 2.02. The van der Waals surface area contributed by atoms with E-state index >= 15 is 0 Å². The van der Waals surface area contributed by atoms with E-state index in [4.69, 9.17) is 4.74 Å². The van der Waals surface area contributed by atoms with E-state index in [2.05, 4.69) is 50.0 Å². The Kier molecular flexibility index (Phi) is 8.48. The minimum atomic E-state index is 0.596. The summed E-state index contributed by atoms with van der Waals surface area (Å²) in [6, 6.07) is 10.4. The normalized spacial score (nSPS) is 11.5. The van der Waals surface area contributed by atoms with Gasteiger partial charge in [0.25, 0.3) is 0 Å². The molecule has 1 aromatic carbocycles. The van der Waals surface area contributed by atoms with Crippen molar-refractivity contribution in [1.82, 2.24) is 25.4 Å². The minimum Gasteiger partial charge on any atom is -0.381 e. The fourth-order valence-corrected chi connectivity index (χ4v) is 2.34. The average molecular weight is 344 g/mol. The molecule has 0 saturated carbocycles. The van der Waals surface area contributed by atoms with E-state index in [9.17, 15) is 0 Å². The predicted octanol–water partition coefficient (Wildman–Crippen LogP) is 1.52. The molecule has 7 heteroatoms. The molecular weight excluding hydrogens is 316 g/mol. The first-order chi connectivity index (χ1) is 12.3. The number of nitrogens with one attached hydrogen (secondary N) is 2. The van der Waals surface area contributed by atoms with Gasteiger partial charge in [-0.05, 0) is 24.8 Å². The van der Waals surface area contributed by atoms with E-state index in [0.29, 0.717) is 6.54 Å². The standard InChI is InChI=1S/C18H28N6O/c1-19-18(21-14-17-22-15-23-24(17)2)20-11-6-7-12-25-13-10-16-8-4-3-5-9-16/h3-5,8-9,15H,6-7,10-14H2,1-2H3,(H2,19,20,21). The van der Waals surface area contributed by atoms with Gasteiger partial charge in [-0.1, -0.05) is 30.3 Å². The topological polar surface area (TPSA) is 76.4 Å². The van der Waals surface area contributed by atoms with Crippen molar-refractivity contribution >= 4 is 5.96 Å². The van der Waals surface area contributed by atoms with Crippen LogP contribution in [0.25, 0.3) is 0 Å². The van der Waals surface area contributed by atoms with Gasteiger partial charge >= 0.3 is 0 Å². The smallest absolute Gasteiger partial charge is 0.191 e. The maximum absolute atomic E-state index is 5.69. The van der Waals surface area contributed by atoms with E-state index in [1.807, 2.05) is 13.1 Å². The highest BCUT2D eigenvalue weighted by Crippen LogP contribution is 2.00. The molecule has 0 bridgehead atoms. The van der Waals surface area contributed by atoms with E-state index < -0.39 is 0 Å². The van der Waals surface area contributed by atoms with Crippen molar-refractivity contribution in [2.75, 3.05) is 26.8 Å². The maximum Gasteiger partial charge on any atom is 0.191 e. The number of aryl methyl sites for hydroxylation is 1. The van der Waals surface area contributed by atoms with E-state index in [1.54, 1.807) is 18.1 Å². The third-order valence-electron chi connectivity index (χ3n) is 3.83. The maximum atomic E-state index is 5.69. The van der Waals surface area contributed by atoms with Crippen LogP contribution in [-0.4, -0.2) is 47.5 Å². The zero-order valence-corrected chi connectivity index (χ0v) is 15.1. The SMILES string of the molecule is CN=C(NCCCCOCCc1ccccc1)NCc1ncnn1C. The van der Waals surface area contributed by atoms with Crippen LogP contribution in [0.15, 0.2) is 41.7 Å². The summed E-state index contributed by atoms with van der Waals surface area (Å²) in [4.78, 5) is 8.38. The number of aromatic nitrogens is 3. The Morgan fingerprint density at radius 2 is 2.00 bits per heavy atom. The summed E-state index contributed by atoms with van der Waals surface area (Å²) < 4.78 is 7.43. The third kappa shape index (κ3) is 7.34. The third-order valence-corrected chi connectivity index (χ3v) is 3.83. The van der Waals surface area contributed by atoms with Crippen LogP contribution in [0.3, 0.4) is 0 Å². The van der Waals surface area contributed by atoms with Crippen molar-refractivity contribution in [1.29, 1.82) is 0 Å². The molecule has 0 fully saturated rings. The van der Waals surface area contributed by atoms with Gasteiger partial charge in [-0.15, -0.1) is 0 Å². The van der Waals surface area contributed by atoms with Gasteiger partial charge < -0.3 is 15.4 Å². The molecule has 2 rings (SSSR count). The molecule has 7 nitrogen and oxygen atoms in total. The number of guanidine groups is 1. The zero-order chi connectivity index (χ0) is 17.7. The molecule has 136 valence electrons. The van der Waals surface area contributed by atoms with Gasteiger partial charge in [0.1, 0.15) is 12.2 Å². The molecule has 0 aliphatic heterocycles. The number of hydrogen-bond acceptors (Lipinski definition) is 4. The van der Waals surface area contributed by atoms with Crippen LogP contribution >= 0.6 is 0 Å². The van der Waals surface area contributed by atoms with Gasteiger partial charge in [-0.3, -0.25) is 9.67 Å². The molecule has 1 heterocycles. The Morgan fingerprint density at radius 3 is 2.72 bits per heavy atom. The largest absolute Gasteiger partial charge is 0.381 e. The summed E-state index contributed by atoms with van der Waals surface area (Å²) in [5.41, 5.74) is 1.32. The quantitative estimate of drug-likeness (QED) is 0.388. The highest BCUT2D eigenvalue weighted by atomic mass is 16.5. The Labute approximate surface area is 149 Å². The molecule has 0 aliphatic rings.